The molecule has 0 bridgehead atoms. The summed E-state index contributed by atoms with van der Waals surface area (Å²) < 4.78 is 4.90. The standard InChI is InChI=1S/C11H17NO4/c1-3-6-16-11(15)12-5-4-9(10(13)14)8(2)7-12/h3,8-9H,1,4-7H2,2H3,(H,13,14)/t8-,9+/m1/s1. The maximum atomic E-state index is 11.5. The molecule has 1 N–H and O–H groups in total. The van der Waals surface area contributed by atoms with Crippen molar-refractivity contribution in [3.63, 3.8) is 0 Å². The van der Waals surface area contributed by atoms with E-state index in [1.54, 1.807) is 4.90 Å². The Hall–Kier alpha value is -1.52. The van der Waals surface area contributed by atoms with Crippen molar-refractivity contribution in [3.05, 3.63) is 12.7 Å². The lowest BCUT2D eigenvalue weighted by Gasteiger charge is -2.34. The summed E-state index contributed by atoms with van der Waals surface area (Å²) in [4.78, 5) is 23.9. The number of carbonyl (C=O) groups excluding carboxylic acids is 1. The molecule has 5 nitrogen and oxygen atoms in total. The van der Waals surface area contributed by atoms with Gasteiger partial charge >= 0.3 is 12.1 Å². The van der Waals surface area contributed by atoms with Gasteiger partial charge in [-0.3, -0.25) is 4.79 Å². The van der Waals surface area contributed by atoms with Crippen LogP contribution in [-0.2, 0) is 9.53 Å². The van der Waals surface area contributed by atoms with Crippen molar-refractivity contribution in [2.75, 3.05) is 19.7 Å². The SMILES string of the molecule is C=CCOC(=O)N1CC[C@H](C(=O)O)[C@H](C)C1. The van der Waals surface area contributed by atoms with E-state index in [0.29, 0.717) is 19.5 Å². The molecular formula is C11H17NO4. The highest BCUT2D eigenvalue weighted by Gasteiger charge is 2.33. The zero-order valence-corrected chi connectivity index (χ0v) is 9.39. The Balaban J connectivity index is 2.47. The highest BCUT2D eigenvalue weighted by molar-refractivity contribution is 5.72. The normalized spacial score (nSPS) is 24.9. The number of carboxylic acids is 1. The van der Waals surface area contributed by atoms with Crippen molar-refractivity contribution in [2.45, 2.75) is 13.3 Å². The third-order valence-electron chi connectivity index (χ3n) is 2.81. The molecule has 16 heavy (non-hydrogen) atoms. The van der Waals surface area contributed by atoms with Gasteiger partial charge in [0.15, 0.2) is 0 Å². The molecule has 0 aromatic carbocycles. The van der Waals surface area contributed by atoms with E-state index in [0.717, 1.165) is 0 Å². The van der Waals surface area contributed by atoms with Gasteiger partial charge in [0.05, 0.1) is 5.92 Å². The molecule has 1 aliphatic heterocycles. The first-order valence-corrected chi connectivity index (χ1v) is 5.31. The molecule has 1 saturated heterocycles. The second-order valence-electron chi connectivity index (χ2n) is 4.02. The fourth-order valence-corrected chi connectivity index (χ4v) is 1.90. The van der Waals surface area contributed by atoms with Crippen molar-refractivity contribution in [1.82, 2.24) is 4.90 Å². The second kappa shape index (κ2) is 5.53. The number of hydrogen-bond acceptors (Lipinski definition) is 3. The van der Waals surface area contributed by atoms with Crippen molar-refractivity contribution < 1.29 is 19.4 Å². The number of amides is 1. The molecule has 1 fully saturated rings. The van der Waals surface area contributed by atoms with Crippen LogP contribution in [0.2, 0.25) is 0 Å². The first-order valence-electron chi connectivity index (χ1n) is 5.31. The average molecular weight is 227 g/mol. The second-order valence-corrected chi connectivity index (χ2v) is 4.02. The molecule has 0 aliphatic carbocycles. The number of hydrogen-bond donors (Lipinski definition) is 1. The van der Waals surface area contributed by atoms with E-state index in [2.05, 4.69) is 6.58 Å². The third kappa shape index (κ3) is 2.98. The number of piperidine rings is 1. The number of likely N-dealkylation sites (tertiary alicyclic amines) is 1. The van der Waals surface area contributed by atoms with Crippen LogP contribution in [0.3, 0.4) is 0 Å². The van der Waals surface area contributed by atoms with Crippen LogP contribution < -0.4 is 0 Å². The minimum atomic E-state index is -0.786. The average Bonchev–Trinajstić information content (AvgIpc) is 2.25. The number of aliphatic carboxylic acids is 1. The summed E-state index contributed by atoms with van der Waals surface area (Å²) in [7, 11) is 0. The van der Waals surface area contributed by atoms with Crippen molar-refractivity contribution in [3.8, 4) is 0 Å². The van der Waals surface area contributed by atoms with Crippen LogP contribution in [0.1, 0.15) is 13.3 Å². The number of carbonyl (C=O) groups is 2. The summed E-state index contributed by atoms with van der Waals surface area (Å²) in [5.74, 6) is -1.18. The van der Waals surface area contributed by atoms with Gasteiger partial charge < -0.3 is 14.7 Å². The zero-order chi connectivity index (χ0) is 12.1. The van der Waals surface area contributed by atoms with E-state index in [-0.39, 0.29) is 18.4 Å². The summed E-state index contributed by atoms with van der Waals surface area (Å²) in [5, 5.41) is 8.93. The highest BCUT2D eigenvalue weighted by atomic mass is 16.6. The first-order chi connectivity index (χ1) is 7.56. The molecule has 1 amide bonds. The van der Waals surface area contributed by atoms with Crippen LogP contribution in [0.5, 0.6) is 0 Å². The minimum Gasteiger partial charge on any atom is -0.481 e. The number of ether oxygens (including phenoxy) is 1. The Bertz CT molecular complexity index is 290. The van der Waals surface area contributed by atoms with E-state index in [1.807, 2.05) is 6.92 Å². The van der Waals surface area contributed by atoms with Crippen molar-refractivity contribution in [2.24, 2.45) is 11.8 Å². The molecular weight excluding hydrogens is 210 g/mol. The van der Waals surface area contributed by atoms with Gasteiger partial charge in [-0.15, -0.1) is 0 Å². The predicted molar refractivity (Wildman–Crippen MR) is 58.0 cm³/mol. The summed E-state index contributed by atoms with van der Waals surface area (Å²) in [6.45, 7) is 6.36. The summed E-state index contributed by atoms with van der Waals surface area (Å²) in [6, 6.07) is 0. The predicted octanol–water partition coefficient (Wildman–Crippen LogP) is 1.35. The maximum absolute atomic E-state index is 11.5. The lowest BCUT2D eigenvalue weighted by molar-refractivity contribution is -0.145. The van der Waals surface area contributed by atoms with Crippen LogP contribution in [0.4, 0.5) is 4.79 Å². The van der Waals surface area contributed by atoms with E-state index < -0.39 is 12.1 Å². The fraction of sp³-hybridized carbons (Fsp3) is 0.636. The Labute approximate surface area is 94.7 Å². The maximum Gasteiger partial charge on any atom is 0.410 e. The van der Waals surface area contributed by atoms with Crippen LogP contribution in [-0.4, -0.2) is 41.8 Å². The first kappa shape index (κ1) is 12.5. The largest absolute Gasteiger partial charge is 0.481 e. The Morgan fingerprint density at radius 1 is 1.62 bits per heavy atom. The van der Waals surface area contributed by atoms with Gasteiger partial charge in [0.1, 0.15) is 6.61 Å². The van der Waals surface area contributed by atoms with Gasteiger partial charge in [-0.2, -0.15) is 0 Å². The number of nitrogens with zero attached hydrogens (tertiary/aromatic N) is 1. The highest BCUT2D eigenvalue weighted by Crippen LogP contribution is 2.23. The van der Waals surface area contributed by atoms with Gasteiger partial charge in [-0.05, 0) is 12.3 Å². The molecule has 0 saturated carbocycles. The van der Waals surface area contributed by atoms with E-state index in [1.165, 1.54) is 6.08 Å². The van der Waals surface area contributed by atoms with Crippen molar-refractivity contribution in [1.29, 1.82) is 0 Å². The molecule has 0 aromatic rings. The van der Waals surface area contributed by atoms with Gasteiger partial charge in [0, 0.05) is 13.1 Å². The molecule has 0 spiro atoms. The minimum absolute atomic E-state index is 0.0393. The van der Waals surface area contributed by atoms with E-state index in [9.17, 15) is 9.59 Å². The zero-order valence-electron chi connectivity index (χ0n) is 9.39. The Morgan fingerprint density at radius 3 is 2.81 bits per heavy atom. The molecule has 0 aromatic heterocycles. The molecule has 2 atom stereocenters. The molecule has 0 unspecified atom stereocenters. The van der Waals surface area contributed by atoms with Gasteiger partial charge in [-0.25, -0.2) is 4.79 Å². The lowest BCUT2D eigenvalue weighted by atomic mass is 9.87. The van der Waals surface area contributed by atoms with E-state index in [4.69, 9.17) is 9.84 Å². The summed E-state index contributed by atoms with van der Waals surface area (Å²) >= 11 is 0. The van der Waals surface area contributed by atoms with E-state index >= 15 is 0 Å². The van der Waals surface area contributed by atoms with Crippen LogP contribution in [0.25, 0.3) is 0 Å². The molecule has 5 heteroatoms. The number of carboxylic acid groups (broad SMARTS) is 1. The van der Waals surface area contributed by atoms with Crippen LogP contribution in [0, 0.1) is 11.8 Å². The molecule has 90 valence electrons. The smallest absolute Gasteiger partial charge is 0.410 e. The van der Waals surface area contributed by atoms with Crippen molar-refractivity contribution >= 4 is 12.1 Å². The summed E-state index contributed by atoms with van der Waals surface area (Å²) in [5.41, 5.74) is 0. The Morgan fingerprint density at radius 2 is 2.31 bits per heavy atom. The summed E-state index contributed by atoms with van der Waals surface area (Å²) in [6.07, 6.45) is 1.60. The molecule has 1 aliphatic rings. The van der Waals surface area contributed by atoms with Crippen LogP contribution >= 0.6 is 0 Å². The Kier molecular flexibility index (Phi) is 4.34. The molecule has 1 rings (SSSR count). The number of rotatable bonds is 3. The molecule has 1 heterocycles. The van der Waals surface area contributed by atoms with Gasteiger partial charge in [-0.1, -0.05) is 19.6 Å². The van der Waals surface area contributed by atoms with Gasteiger partial charge in [0.25, 0.3) is 0 Å². The fourth-order valence-electron chi connectivity index (χ4n) is 1.90. The monoisotopic (exact) mass is 227 g/mol. The van der Waals surface area contributed by atoms with Gasteiger partial charge in [0.2, 0.25) is 0 Å². The molecule has 0 radical (unpaired) electrons. The lowest BCUT2D eigenvalue weighted by Crippen LogP contribution is -2.45. The topological polar surface area (TPSA) is 66.8 Å². The van der Waals surface area contributed by atoms with Crippen LogP contribution in [0.15, 0.2) is 12.7 Å². The quantitative estimate of drug-likeness (QED) is 0.739. The third-order valence-corrected chi connectivity index (χ3v) is 2.81.